The van der Waals surface area contributed by atoms with Gasteiger partial charge in [-0.1, -0.05) is 19.3 Å². The Bertz CT molecular complexity index is 357. The molecular weight excluding hydrogens is 312 g/mol. The molecule has 7 heteroatoms. The summed E-state index contributed by atoms with van der Waals surface area (Å²) < 4.78 is 1.57. The van der Waals surface area contributed by atoms with Gasteiger partial charge in [0.1, 0.15) is 0 Å². The van der Waals surface area contributed by atoms with Crippen LogP contribution in [0.2, 0.25) is 0 Å². The highest BCUT2D eigenvalue weighted by atomic mass is 35.5. The zero-order valence-corrected chi connectivity index (χ0v) is 15.0. The predicted octanol–water partition coefficient (Wildman–Crippen LogP) is 2.88. The van der Waals surface area contributed by atoms with Crippen LogP contribution in [0.3, 0.4) is 0 Å². The molecule has 3 heterocycles. The number of guanidine groups is 1. The Morgan fingerprint density at radius 3 is 1.35 bits per heavy atom. The molecule has 3 saturated heterocycles. The number of hydrazine groups is 3. The first-order chi connectivity index (χ1) is 11.3. The van der Waals surface area contributed by atoms with Gasteiger partial charge in [-0.3, -0.25) is 5.41 Å². The highest BCUT2D eigenvalue weighted by molar-refractivity contribution is 6.20. The lowest BCUT2D eigenvalue weighted by molar-refractivity contribution is -0.153. The van der Waals surface area contributed by atoms with Crippen molar-refractivity contribution in [3.8, 4) is 0 Å². The topological polar surface area (TPSA) is 40.1 Å². The van der Waals surface area contributed by atoms with E-state index < -0.39 is 0 Å². The number of nitrogens with zero attached hydrogens (tertiary/aromatic N) is 5. The Labute approximate surface area is 145 Å². The van der Waals surface area contributed by atoms with Crippen molar-refractivity contribution >= 4 is 17.7 Å². The molecule has 1 N–H and O–H groups in total. The van der Waals surface area contributed by atoms with Crippen molar-refractivity contribution in [2.24, 2.45) is 0 Å². The number of nitrogens with one attached hydrogen (secondary N) is 1. The minimum Gasteiger partial charge on any atom is -0.265 e. The van der Waals surface area contributed by atoms with Crippen LogP contribution in [-0.4, -0.2) is 69.9 Å². The zero-order valence-electron chi connectivity index (χ0n) is 14.2. The summed E-state index contributed by atoms with van der Waals surface area (Å²) in [6.45, 7) is 6.04. The van der Waals surface area contributed by atoms with E-state index in [1.807, 2.05) is 0 Å². The first kappa shape index (κ1) is 17.3. The number of hydrogen-bond donors (Lipinski definition) is 1. The van der Waals surface area contributed by atoms with Gasteiger partial charge in [0, 0.05) is 51.0 Å². The Hall–Kier alpha value is -0.560. The summed E-state index contributed by atoms with van der Waals surface area (Å²) in [7, 11) is 0. The minimum atomic E-state index is 0.400. The molecule has 0 unspecified atom stereocenters. The third-order valence-electron chi connectivity index (χ3n) is 5.15. The maximum absolute atomic E-state index is 8.76. The molecule has 3 aliphatic rings. The zero-order chi connectivity index (χ0) is 16.1. The fourth-order valence-corrected chi connectivity index (χ4v) is 4.06. The molecule has 132 valence electrons. The lowest BCUT2D eigenvalue weighted by atomic mass is 10.1. The van der Waals surface area contributed by atoms with Crippen molar-refractivity contribution in [1.82, 2.24) is 24.7 Å². The van der Waals surface area contributed by atoms with E-state index in [1.54, 1.807) is 4.53 Å². The van der Waals surface area contributed by atoms with Crippen LogP contribution in [0.15, 0.2) is 0 Å². The number of piperidine rings is 3. The lowest BCUT2D eigenvalue weighted by Crippen LogP contribution is -2.63. The maximum atomic E-state index is 8.76. The van der Waals surface area contributed by atoms with Gasteiger partial charge in [-0.25, -0.2) is 20.1 Å². The second kappa shape index (κ2) is 8.51. The Morgan fingerprint density at radius 1 is 0.609 bits per heavy atom. The van der Waals surface area contributed by atoms with Crippen molar-refractivity contribution < 1.29 is 0 Å². The number of hydrogen-bond acceptors (Lipinski definition) is 4. The van der Waals surface area contributed by atoms with Crippen molar-refractivity contribution in [2.75, 3.05) is 39.3 Å². The highest BCUT2D eigenvalue weighted by Gasteiger charge is 2.32. The molecule has 0 radical (unpaired) electrons. The van der Waals surface area contributed by atoms with Crippen LogP contribution >= 0.6 is 11.8 Å². The van der Waals surface area contributed by atoms with Crippen LogP contribution in [0.1, 0.15) is 57.8 Å². The molecule has 23 heavy (non-hydrogen) atoms. The molecule has 3 rings (SSSR count). The maximum Gasteiger partial charge on any atom is 0.254 e. The summed E-state index contributed by atoms with van der Waals surface area (Å²) in [6, 6.07) is 0. The van der Waals surface area contributed by atoms with E-state index in [0.29, 0.717) is 5.96 Å². The van der Waals surface area contributed by atoms with E-state index in [9.17, 15) is 0 Å². The second-order valence-corrected chi connectivity index (χ2v) is 7.24. The second-order valence-electron chi connectivity index (χ2n) is 6.92. The quantitative estimate of drug-likeness (QED) is 0.485. The fraction of sp³-hybridized carbons (Fsp3) is 0.938. The normalized spacial score (nSPS) is 25.3. The van der Waals surface area contributed by atoms with Gasteiger partial charge in [0.05, 0.1) is 0 Å². The smallest absolute Gasteiger partial charge is 0.254 e. The fourth-order valence-electron chi connectivity index (χ4n) is 3.84. The van der Waals surface area contributed by atoms with Crippen LogP contribution in [0.4, 0.5) is 0 Å². The van der Waals surface area contributed by atoms with Crippen molar-refractivity contribution in [1.29, 1.82) is 5.41 Å². The van der Waals surface area contributed by atoms with Gasteiger partial charge in [-0.2, -0.15) is 4.53 Å². The molecule has 0 bridgehead atoms. The molecule has 6 nitrogen and oxygen atoms in total. The minimum absolute atomic E-state index is 0.400. The van der Waals surface area contributed by atoms with E-state index in [2.05, 4.69) is 20.1 Å². The van der Waals surface area contributed by atoms with E-state index in [-0.39, 0.29) is 0 Å². The van der Waals surface area contributed by atoms with Crippen LogP contribution in [0.25, 0.3) is 0 Å². The molecule has 0 atom stereocenters. The standard InChI is InChI=1S/C16H31ClN6/c17-22(19-10-4-1-5-11-19)16(18)23(20-12-6-2-7-13-20)21-14-8-3-9-15-21/h18H,1-15H2. The summed E-state index contributed by atoms with van der Waals surface area (Å²) in [6.07, 6.45) is 11.1. The molecule has 0 aliphatic carbocycles. The average molecular weight is 343 g/mol. The van der Waals surface area contributed by atoms with Gasteiger partial charge in [0.2, 0.25) is 0 Å². The van der Waals surface area contributed by atoms with Crippen LogP contribution in [0, 0.1) is 5.41 Å². The van der Waals surface area contributed by atoms with E-state index >= 15 is 0 Å². The Balaban J connectivity index is 1.70. The van der Waals surface area contributed by atoms with Crippen molar-refractivity contribution in [3.63, 3.8) is 0 Å². The van der Waals surface area contributed by atoms with Gasteiger partial charge in [-0.05, 0) is 38.5 Å². The third-order valence-corrected chi connectivity index (χ3v) is 5.52. The van der Waals surface area contributed by atoms with Crippen LogP contribution in [0.5, 0.6) is 0 Å². The van der Waals surface area contributed by atoms with Gasteiger partial charge >= 0.3 is 0 Å². The van der Waals surface area contributed by atoms with E-state index in [0.717, 1.165) is 39.3 Å². The SMILES string of the molecule is N=C(N(Cl)N1CCCCC1)N(N1CCCCC1)N1CCCCC1. The van der Waals surface area contributed by atoms with Crippen molar-refractivity contribution in [2.45, 2.75) is 57.8 Å². The first-order valence-corrected chi connectivity index (χ1v) is 9.70. The third kappa shape index (κ3) is 4.29. The van der Waals surface area contributed by atoms with Crippen LogP contribution < -0.4 is 0 Å². The highest BCUT2D eigenvalue weighted by Crippen LogP contribution is 2.22. The summed E-state index contributed by atoms with van der Waals surface area (Å²) in [5, 5.41) is 17.6. The number of halogens is 1. The molecule has 0 aromatic carbocycles. The summed E-state index contributed by atoms with van der Waals surface area (Å²) in [5.74, 6) is 0.400. The molecule has 3 aliphatic heterocycles. The molecule has 0 saturated carbocycles. The molecule has 0 aromatic rings. The summed E-state index contributed by atoms with van der Waals surface area (Å²) >= 11 is 6.58. The molecule has 0 spiro atoms. The molecule has 0 amide bonds. The lowest BCUT2D eigenvalue weighted by Gasteiger charge is -2.48. The molecular formula is C16H31ClN6. The van der Waals surface area contributed by atoms with Gasteiger partial charge in [0.25, 0.3) is 5.96 Å². The first-order valence-electron chi connectivity index (χ1n) is 9.36. The number of rotatable bonds is 3. The molecule has 0 aromatic heterocycles. The average Bonchev–Trinajstić information content (AvgIpc) is 2.64. The summed E-state index contributed by atoms with van der Waals surface area (Å²) in [4.78, 5) is 0. The molecule has 3 fully saturated rings. The monoisotopic (exact) mass is 342 g/mol. The van der Waals surface area contributed by atoms with Gasteiger partial charge < -0.3 is 0 Å². The summed E-state index contributed by atoms with van der Waals surface area (Å²) in [5.41, 5.74) is 0. The van der Waals surface area contributed by atoms with Gasteiger partial charge in [-0.15, -0.1) is 0 Å². The predicted molar refractivity (Wildman–Crippen MR) is 93.5 cm³/mol. The van der Waals surface area contributed by atoms with Crippen molar-refractivity contribution in [3.05, 3.63) is 0 Å². The largest absolute Gasteiger partial charge is 0.265 e. The Kier molecular flexibility index (Phi) is 6.39. The van der Waals surface area contributed by atoms with E-state index in [1.165, 1.54) is 57.8 Å². The van der Waals surface area contributed by atoms with Gasteiger partial charge in [0.15, 0.2) is 0 Å². The Morgan fingerprint density at radius 2 is 0.957 bits per heavy atom. The van der Waals surface area contributed by atoms with Crippen LogP contribution in [-0.2, 0) is 0 Å². The van der Waals surface area contributed by atoms with E-state index in [4.69, 9.17) is 17.2 Å².